The summed E-state index contributed by atoms with van der Waals surface area (Å²) in [6, 6.07) is 0. The molecule has 402 valence electrons. The van der Waals surface area contributed by atoms with Crippen LogP contribution in [0.15, 0.2) is 48.6 Å². The van der Waals surface area contributed by atoms with Gasteiger partial charge in [0.1, 0.15) is 13.2 Å². The number of unbranched alkanes of at least 4 members (excludes halogenated alkanes) is 36. The molecule has 0 bridgehead atoms. The fraction of sp³-hybridized carbons (Fsp3) is 0.825. The highest BCUT2D eigenvalue weighted by Gasteiger charge is 2.19. The molecule has 0 fully saturated rings. The van der Waals surface area contributed by atoms with Crippen molar-refractivity contribution in [3.63, 3.8) is 0 Å². The van der Waals surface area contributed by atoms with Crippen LogP contribution >= 0.6 is 0 Å². The van der Waals surface area contributed by atoms with E-state index in [0.717, 1.165) is 96.3 Å². The van der Waals surface area contributed by atoms with Crippen molar-refractivity contribution < 1.29 is 28.6 Å². The summed E-state index contributed by atoms with van der Waals surface area (Å²) in [5.74, 6) is -0.880. The van der Waals surface area contributed by atoms with E-state index < -0.39 is 6.10 Å². The van der Waals surface area contributed by atoms with Gasteiger partial charge in [0.05, 0.1) is 0 Å². The van der Waals surface area contributed by atoms with Crippen LogP contribution in [-0.2, 0) is 28.6 Å². The van der Waals surface area contributed by atoms with Crippen molar-refractivity contribution in [2.45, 2.75) is 322 Å². The number of rotatable bonds is 55. The predicted molar refractivity (Wildman–Crippen MR) is 298 cm³/mol. The second-order valence-electron chi connectivity index (χ2n) is 20.2. The van der Waals surface area contributed by atoms with Gasteiger partial charge >= 0.3 is 17.9 Å². The van der Waals surface area contributed by atoms with Gasteiger partial charge in [-0.25, -0.2) is 0 Å². The van der Waals surface area contributed by atoms with Crippen LogP contribution in [0.3, 0.4) is 0 Å². The van der Waals surface area contributed by atoms with Gasteiger partial charge in [-0.1, -0.05) is 288 Å². The first kappa shape index (κ1) is 66.4. The minimum absolute atomic E-state index is 0.0762. The maximum atomic E-state index is 12.9. The molecule has 0 N–H and O–H groups in total. The Kier molecular flexibility index (Phi) is 55.7. The van der Waals surface area contributed by atoms with Crippen molar-refractivity contribution in [3.8, 4) is 0 Å². The Hall–Kier alpha value is -2.63. The third-order valence-corrected chi connectivity index (χ3v) is 13.3. The second kappa shape index (κ2) is 57.9. The van der Waals surface area contributed by atoms with E-state index in [1.54, 1.807) is 0 Å². The van der Waals surface area contributed by atoms with E-state index in [-0.39, 0.29) is 31.1 Å². The first-order valence-electron chi connectivity index (χ1n) is 30.1. The topological polar surface area (TPSA) is 78.9 Å². The molecule has 69 heavy (non-hydrogen) atoms. The Balaban J connectivity index is 4.37. The summed E-state index contributed by atoms with van der Waals surface area (Å²) in [7, 11) is 0. The number of hydrogen-bond acceptors (Lipinski definition) is 6. The van der Waals surface area contributed by atoms with Gasteiger partial charge in [0, 0.05) is 19.3 Å². The zero-order valence-electron chi connectivity index (χ0n) is 46.1. The van der Waals surface area contributed by atoms with Crippen molar-refractivity contribution in [1.82, 2.24) is 0 Å². The summed E-state index contributed by atoms with van der Waals surface area (Å²) < 4.78 is 16.9. The van der Waals surface area contributed by atoms with Crippen LogP contribution in [0.4, 0.5) is 0 Å². The number of hydrogen-bond donors (Lipinski definition) is 0. The Bertz CT molecular complexity index is 1200. The molecule has 6 nitrogen and oxygen atoms in total. The van der Waals surface area contributed by atoms with Gasteiger partial charge < -0.3 is 14.2 Å². The largest absolute Gasteiger partial charge is 0.462 e. The SMILES string of the molecule is CC/C=C\C/C=C\C/C=C\C/C=C\CCCCCCC(=O)OC[C@H](COC(=O)CCCCCCCCCCCCCCCCCCC)OC(=O)CCCCCCCCCCCCCCCCCCC. The average molecular weight is 968 g/mol. The van der Waals surface area contributed by atoms with Gasteiger partial charge in [-0.15, -0.1) is 0 Å². The molecule has 1 atom stereocenters. The second-order valence-corrected chi connectivity index (χ2v) is 20.2. The molecule has 6 heteroatoms. The van der Waals surface area contributed by atoms with Crippen LogP contribution in [0.5, 0.6) is 0 Å². The lowest BCUT2D eigenvalue weighted by atomic mass is 10.0. The fourth-order valence-corrected chi connectivity index (χ4v) is 8.85. The minimum Gasteiger partial charge on any atom is -0.462 e. The van der Waals surface area contributed by atoms with Crippen LogP contribution in [0.1, 0.15) is 316 Å². The van der Waals surface area contributed by atoms with E-state index in [2.05, 4.69) is 69.4 Å². The molecule has 0 rings (SSSR count). The van der Waals surface area contributed by atoms with E-state index in [9.17, 15) is 14.4 Å². The molecule has 0 amide bonds. The van der Waals surface area contributed by atoms with Crippen LogP contribution in [0, 0.1) is 0 Å². The summed E-state index contributed by atoms with van der Waals surface area (Å²) in [5, 5.41) is 0. The van der Waals surface area contributed by atoms with E-state index >= 15 is 0 Å². The van der Waals surface area contributed by atoms with Crippen molar-refractivity contribution in [2.75, 3.05) is 13.2 Å². The molecule has 0 aliphatic carbocycles. The number of carbonyl (C=O) groups is 3. The zero-order chi connectivity index (χ0) is 50.0. The molecule has 0 aromatic heterocycles. The fourth-order valence-electron chi connectivity index (χ4n) is 8.85. The third kappa shape index (κ3) is 56.2. The smallest absolute Gasteiger partial charge is 0.306 e. The molecular weight excluding hydrogens is 853 g/mol. The summed E-state index contributed by atoms with van der Waals surface area (Å²) in [6.45, 7) is 6.56. The van der Waals surface area contributed by atoms with E-state index in [1.807, 2.05) is 0 Å². The number of ether oxygens (including phenoxy) is 3. The monoisotopic (exact) mass is 967 g/mol. The molecule has 0 aliphatic heterocycles. The Morgan fingerprint density at radius 2 is 0.565 bits per heavy atom. The highest BCUT2D eigenvalue weighted by Crippen LogP contribution is 2.17. The van der Waals surface area contributed by atoms with Gasteiger partial charge in [0.2, 0.25) is 0 Å². The molecule has 0 unspecified atom stereocenters. The molecule has 0 spiro atoms. The zero-order valence-corrected chi connectivity index (χ0v) is 46.1. The van der Waals surface area contributed by atoms with Crippen molar-refractivity contribution >= 4 is 17.9 Å². The lowest BCUT2D eigenvalue weighted by Gasteiger charge is -2.18. The minimum atomic E-state index is -0.780. The molecule has 0 saturated carbocycles. The lowest BCUT2D eigenvalue weighted by Crippen LogP contribution is -2.30. The van der Waals surface area contributed by atoms with Gasteiger partial charge in [-0.2, -0.15) is 0 Å². The number of esters is 3. The summed E-state index contributed by atoms with van der Waals surface area (Å²) in [4.78, 5) is 38.2. The van der Waals surface area contributed by atoms with Gasteiger partial charge in [-0.3, -0.25) is 14.4 Å². The first-order valence-corrected chi connectivity index (χ1v) is 30.1. The van der Waals surface area contributed by atoms with Crippen molar-refractivity contribution in [1.29, 1.82) is 0 Å². The lowest BCUT2D eigenvalue weighted by molar-refractivity contribution is -0.167. The van der Waals surface area contributed by atoms with Gasteiger partial charge in [0.15, 0.2) is 6.10 Å². The van der Waals surface area contributed by atoms with Crippen LogP contribution in [-0.4, -0.2) is 37.2 Å². The highest BCUT2D eigenvalue weighted by atomic mass is 16.6. The summed E-state index contributed by atoms with van der Waals surface area (Å²) >= 11 is 0. The van der Waals surface area contributed by atoms with Crippen LogP contribution < -0.4 is 0 Å². The van der Waals surface area contributed by atoms with E-state index in [0.29, 0.717) is 19.3 Å². The molecule has 0 heterocycles. The Morgan fingerprint density at radius 1 is 0.304 bits per heavy atom. The van der Waals surface area contributed by atoms with Crippen LogP contribution in [0.2, 0.25) is 0 Å². The molecule has 0 aromatic carbocycles. The summed E-state index contributed by atoms with van der Waals surface area (Å²) in [6.07, 6.45) is 71.0. The van der Waals surface area contributed by atoms with E-state index in [4.69, 9.17) is 14.2 Å². The van der Waals surface area contributed by atoms with Crippen LogP contribution in [0.25, 0.3) is 0 Å². The standard InChI is InChI=1S/C63H114O6/c1-4-7-10-13-16-19-22-25-28-31-34-37-40-43-46-49-52-55-61(64)67-58-60(69-63(66)57-54-51-48-45-42-39-36-33-30-27-24-21-18-15-12-9-6-3)59-68-62(65)56-53-50-47-44-41-38-35-32-29-26-23-20-17-14-11-8-5-2/h7,10,16,19,25,28,34,37,60H,4-6,8-9,11-15,17-18,20-24,26-27,29-33,35-36,38-59H2,1-3H3/b10-7-,19-16-,28-25-,37-34-/t60-/m1/s1. The molecule has 0 aromatic rings. The van der Waals surface area contributed by atoms with E-state index in [1.165, 1.54) is 180 Å². The maximum absolute atomic E-state index is 12.9. The summed E-state index contributed by atoms with van der Waals surface area (Å²) in [5.41, 5.74) is 0. The van der Waals surface area contributed by atoms with Gasteiger partial charge in [0.25, 0.3) is 0 Å². The Labute approximate surface area is 428 Å². The average Bonchev–Trinajstić information content (AvgIpc) is 3.35. The number of allylic oxidation sites excluding steroid dienone is 8. The van der Waals surface area contributed by atoms with Crippen molar-refractivity contribution in [3.05, 3.63) is 48.6 Å². The first-order chi connectivity index (χ1) is 34.0. The Morgan fingerprint density at radius 3 is 0.884 bits per heavy atom. The molecule has 0 aliphatic rings. The van der Waals surface area contributed by atoms with Gasteiger partial charge in [-0.05, 0) is 57.8 Å². The highest BCUT2D eigenvalue weighted by molar-refractivity contribution is 5.71. The van der Waals surface area contributed by atoms with Crippen molar-refractivity contribution in [2.24, 2.45) is 0 Å². The third-order valence-electron chi connectivity index (χ3n) is 13.3. The maximum Gasteiger partial charge on any atom is 0.306 e. The predicted octanol–water partition coefficient (Wildman–Crippen LogP) is 20.2. The quantitative estimate of drug-likeness (QED) is 0.0262. The number of carbonyl (C=O) groups excluding carboxylic acids is 3. The molecule has 0 radical (unpaired) electrons. The molecular formula is C63H114O6. The normalized spacial score (nSPS) is 12.3. The molecule has 0 saturated heterocycles.